The Balaban J connectivity index is 0.000000162. The third kappa shape index (κ3) is 5.03. The van der Waals surface area contributed by atoms with Crippen LogP contribution in [-0.4, -0.2) is 50.5 Å². The van der Waals surface area contributed by atoms with Gasteiger partial charge < -0.3 is 10.2 Å². The monoisotopic (exact) mass is 387 g/mol. The van der Waals surface area contributed by atoms with Gasteiger partial charge in [-0.25, -0.2) is 19.4 Å². The maximum absolute atomic E-state index is 11.8. The van der Waals surface area contributed by atoms with Crippen molar-refractivity contribution in [3.63, 3.8) is 0 Å². The van der Waals surface area contributed by atoms with E-state index in [4.69, 9.17) is 0 Å². The first-order chi connectivity index (χ1) is 13.6. The molecule has 2 aliphatic rings. The number of hydrogen-bond acceptors (Lipinski definition) is 7. The molecule has 2 aromatic rings. The molecular weight excluding hydrogens is 358 g/mol. The number of aromatic nitrogens is 5. The molecule has 1 saturated carbocycles. The van der Waals surface area contributed by atoms with Gasteiger partial charge in [0.05, 0.1) is 6.04 Å². The van der Waals surface area contributed by atoms with E-state index in [1.54, 1.807) is 0 Å². The number of piperazine rings is 1. The Hall–Kier alpha value is -2.55. The molecule has 3 heterocycles. The van der Waals surface area contributed by atoms with Crippen molar-refractivity contribution < 1.29 is 0 Å². The third-order valence-corrected chi connectivity index (χ3v) is 5.21. The summed E-state index contributed by atoms with van der Waals surface area (Å²) in [6.07, 6.45) is 8.53. The standard InChI is InChI=1S/C10H15N3O2.C9H14N4/c1-12-9(14)7-11-13(10(12)15)8-5-3-2-4-6-8;1-8-2-3-11-9(12-8)13-6-4-10-5-7-13/h7-8H,2-6H2,1H3;2-3,10H,4-7H2,1H3. The maximum Gasteiger partial charge on any atom is 0.347 e. The Morgan fingerprint density at radius 2 is 1.82 bits per heavy atom. The SMILES string of the molecule is Cc1ccnc(N2CCNCC2)n1.Cn1c(=O)cnn(C2CCCCC2)c1=O. The molecular formula is C19H29N7O2. The normalized spacial score (nSPS) is 17.7. The van der Waals surface area contributed by atoms with Gasteiger partial charge in [0.25, 0.3) is 5.56 Å². The molecule has 2 aromatic heterocycles. The van der Waals surface area contributed by atoms with Gasteiger partial charge in [0.1, 0.15) is 6.20 Å². The highest BCUT2D eigenvalue weighted by atomic mass is 16.2. The fourth-order valence-corrected chi connectivity index (χ4v) is 3.52. The van der Waals surface area contributed by atoms with Crippen LogP contribution in [0.1, 0.15) is 43.8 Å². The topological polar surface area (TPSA) is 97.9 Å². The summed E-state index contributed by atoms with van der Waals surface area (Å²) in [6.45, 7) is 6.05. The summed E-state index contributed by atoms with van der Waals surface area (Å²) in [5.41, 5.74) is 0.394. The van der Waals surface area contributed by atoms with Gasteiger partial charge in [0.2, 0.25) is 5.95 Å². The highest BCUT2D eigenvalue weighted by Gasteiger charge is 2.18. The summed E-state index contributed by atoms with van der Waals surface area (Å²) in [6, 6.07) is 2.10. The highest BCUT2D eigenvalue weighted by Crippen LogP contribution is 2.25. The van der Waals surface area contributed by atoms with Crippen LogP contribution in [-0.2, 0) is 7.05 Å². The molecule has 4 rings (SSSR count). The molecule has 0 aromatic carbocycles. The Kier molecular flexibility index (Phi) is 6.91. The average molecular weight is 387 g/mol. The van der Waals surface area contributed by atoms with Gasteiger partial charge in [-0.2, -0.15) is 5.10 Å². The number of aryl methyl sites for hydroxylation is 1. The van der Waals surface area contributed by atoms with Crippen LogP contribution in [0.5, 0.6) is 0 Å². The van der Waals surface area contributed by atoms with E-state index in [2.05, 4.69) is 25.3 Å². The van der Waals surface area contributed by atoms with Crippen LogP contribution in [0.4, 0.5) is 5.95 Å². The lowest BCUT2D eigenvalue weighted by Gasteiger charge is -2.27. The lowest BCUT2D eigenvalue weighted by Crippen LogP contribution is -2.44. The van der Waals surface area contributed by atoms with Gasteiger partial charge in [0.15, 0.2) is 0 Å². The lowest BCUT2D eigenvalue weighted by molar-refractivity contribution is 0.307. The van der Waals surface area contributed by atoms with Gasteiger partial charge in [-0.15, -0.1) is 0 Å². The van der Waals surface area contributed by atoms with Crippen LogP contribution in [0.25, 0.3) is 0 Å². The Morgan fingerprint density at radius 1 is 1.11 bits per heavy atom. The Morgan fingerprint density at radius 3 is 2.50 bits per heavy atom. The molecule has 0 spiro atoms. The smallest absolute Gasteiger partial charge is 0.338 e. The number of rotatable bonds is 2. The first kappa shape index (κ1) is 20.2. The number of nitrogens with zero attached hydrogens (tertiary/aromatic N) is 6. The second-order valence-electron chi connectivity index (χ2n) is 7.30. The molecule has 1 aliphatic heterocycles. The minimum atomic E-state index is -0.341. The average Bonchev–Trinajstić information content (AvgIpc) is 2.74. The van der Waals surface area contributed by atoms with E-state index in [9.17, 15) is 9.59 Å². The van der Waals surface area contributed by atoms with Crippen LogP contribution >= 0.6 is 0 Å². The fraction of sp³-hybridized carbons (Fsp3) is 0.632. The van der Waals surface area contributed by atoms with Gasteiger partial charge in [-0.3, -0.25) is 9.36 Å². The second-order valence-corrected chi connectivity index (χ2v) is 7.30. The molecule has 28 heavy (non-hydrogen) atoms. The van der Waals surface area contributed by atoms with Gasteiger partial charge >= 0.3 is 5.69 Å². The summed E-state index contributed by atoms with van der Waals surface area (Å²) in [4.78, 5) is 33.8. The molecule has 1 aliphatic carbocycles. The summed E-state index contributed by atoms with van der Waals surface area (Å²) >= 11 is 0. The lowest BCUT2D eigenvalue weighted by atomic mass is 9.96. The molecule has 2 fully saturated rings. The number of hydrogen-bond donors (Lipinski definition) is 1. The van der Waals surface area contributed by atoms with Crippen molar-refractivity contribution in [2.45, 2.75) is 45.1 Å². The fourth-order valence-electron chi connectivity index (χ4n) is 3.52. The zero-order valence-corrected chi connectivity index (χ0v) is 16.7. The molecule has 9 heteroatoms. The number of anilines is 1. The van der Waals surface area contributed by atoms with Crippen molar-refractivity contribution in [2.75, 3.05) is 31.1 Å². The molecule has 0 unspecified atom stereocenters. The van der Waals surface area contributed by atoms with Crippen molar-refractivity contribution in [1.82, 2.24) is 29.6 Å². The number of nitrogens with one attached hydrogen (secondary N) is 1. The maximum atomic E-state index is 11.8. The van der Waals surface area contributed by atoms with Crippen molar-refractivity contribution in [1.29, 1.82) is 0 Å². The van der Waals surface area contributed by atoms with Crippen LogP contribution in [0, 0.1) is 6.92 Å². The minimum absolute atomic E-state index is 0.179. The van der Waals surface area contributed by atoms with Crippen molar-refractivity contribution in [3.05, 3.63) is 45.0 Å². The summed E-state index contributed by atoms with van der Waals surface area (Å²) < 4.78 is 2.57. The van der Waals surface area contributed by atoms with E-state index in [0.717, 1.165) is 68.1 Å². The third-order valence-electron chi connectivity index (χ3n) is 5.21. The molecule has 0 atom stereocenters. The van der Waals surface area contributed by atoms with Crippen molar-refractivity contribution in [3.8, 4) is 0 Å². The highest BCUT2D eigenvalue weighted by molar-refractivity contribution is 5.30. The molecule has 0 radical (unpaired) electrons. The Bertz CT molecular complexity index is 880. The molecule has 0 bridgehead atoms. The molecule has 1 saturated heterocycles. The minimum Gasteiger partial charge on any atom is -0.338 e. The summed E-state index contributed by atoms with van der Waals surface area (Å²) in [5, 5.41) is 7.24. The van der Waals surface area contributed by atoms with Crippen molar-refractivity contribution >= 4 is 5.95 Å². The van der Waals surface area contributed by atoms with E-state index >= 15 is 0 Å². The molecule has 9 nitrogen and oxygen atoms in total. The predicted molar refractivity (Wildman–Crippen MR) is 108 cm³/mol. The van der Waals surface area contributed by atoms with Crippen LogP contribution in [0.2, 0.25) is 0 Å². The van der Waals surface area contributed by atoms with Crippen LogP contribution in [0.15, 0.2) is 28.0 Å². The molecule has 0 amide bonds. The first-order valence-corrected chi connectivity index (χ1v) is 9.96. The van der Waals surface area contributed by atoms with Crippen molar-refractivity contribution in [2.24, 2.45) is 7.05 Å². The van der Waals surface area contributed by atoms with E-state index in [0.29, 0.717) is 0 Å². The quantitative estimate of drug-likeness (QED) is 0.807. The van der Waals surface area contributed by atoms with E-state index < -0.39 is 0 Å². The van der Waals surface area contributed by atoms with Crippen LogP contribution < -0.4 is 21.5 Å². The van der Waals surface area contributed by atoms with E-state index in [-0.39, 0.29) is 17.3 Å². The van der Waals surface area contributed by atoms with Gasteiger partial charge in [-0.05, 0) is 25.8 Å². The summed E-state index contributed by atoms with van der Waals surface area (Å²) in [7, 11) is 1.49. The van der Waals surface area contributed by atoms with E-state index in [1.165, 1.54) is 24.3 Å². The zero-order valence-electron chi connectivity index (χ0n) is 16.7. The second kappa shape index (κ2) is 9.59. The summed E-state index contributed by atoms with van der Waals surface area (Å²) in [5.74, 6) is 0.863. The molecule has 152 valence electrons. The first-order valence-electron chi connectivity index (χ1n) is 9.96. The zero-order chi connectivity index (χ0) is 19.9. The van der Waals surface area contributed by atoms with Gasteiger partial charge in [-0.1, -0.05) is 19.3 Å². The predicted octanol–water partition coefficient (Wildman–Crippen LogP) is 0.642. The van der Waals surface area contributed by atoms with E-state index in [1.807, 2.05) is 19.2 Å². The Labute approximate surface area is 164 Å². The molecule has 1 N–H and O–H groups in total. The largest absolute Gasteiger partial charge is 0.347 e. The van der Waals surface area contributed by atoms with Gasteiger partial charge in [0, 0.05) is 45.1 Å². The van der Waals surface area contributed by atoms with Crippen LogP contribution in [0.3, 0.4) is 0 Å².